The van der Waals surface area contributed by atoms with Crippen molar-refractivity contribution in [1.29, 1.82) is 0 Å². The first-order chi connectivity index (χ1) is 7.77. The highest BCUT2D eigenvalue weighted by atomic mass is 16.4. The van der Waals surface area contributed by atoms with Gasteiger partial charge in [0.15, 0.2) is 0 Å². The number of rotatable bonds is 6. The van der Waals surface area contributed by atoms with Crippen molar-refractivity contribution in [2.24, 2.45) is 10.9 Å². The average molecular weight is 218 g/mol. The molecule has 0 aliphatic carbocycles. The second-order valence-electron chi connectivity index (χ2n) is 2.54. The lowest BCUT2D eigenvalue weighted by molar-refractivity contribution is -0.131. The molecule has 0 aliphatic heterocycles. The van der Waals surface area contributed by atoms with Gasteiger partial charge < -0.3 is 10.9 Å². The number of carboxylic acid groups (broad SMARTS) is 1. The van der Waals surface area contributed by atoms with Crippen molar-refractivity contribution in [3.8, 4) is 0 Å². The maximum absolute atomic E-state index is 10.1. The first-order valence-electron chi connectivity index (χ1n) is 4.57. The minimum absolute atomic E-state index is 0.958. The van der Waals surface area contributed by atoms with Gasteiger partial charge in [-0.3, -0.25) is 0 Å². The third-order valence-corrected chi connectivity index (χ3v) is 1.30. The summed E-state index contributed by atoms with van der Waals surface area (Å²) in [6, 6.07) is 0. The fraction of sp³-hybridized carbons (Fsp3) is 0. The summed E-state index contributed by atoms with van der Waals surface area (Å²) in [5.74, 6) is 3.92. The van der Waals surface area contributed by atoms with E-state index in [1.807, 2.05) is 18.2 Å². The lowest BCUT2D eigenvalue weighted by atomic mass is 10.3. The minimum Gasteiger partial charge on any atom is -0.478 e. The number of carbonyl (C=O) groups is 1. The van der Waals surface area contributed by atoms with Gasteiger partial charge in [-0.1, -0.05) is 48.6 Å². The number of nitrogens with zero attached hydrogens (tertiary/aromatic N) is 1. The second kappa shape index (κ2) is 10.7. The second-order valence-corrected chi connectivity index (χ2v) is 2.54. The number of allylic oxidation sites excluding steroid dienone is 9. The van der Waals surface area contributed by atoms with Gasteiger partial charge in [-0.25, -0.2) is 4.79 Å². The van der Waals surface area contributed by atoms with E-state index < -0.39 is 5.97 Å². The standard InChI is InChI=1S/C12H14N2O2/c13-14-11-9-7-5-3-1-2-4-6-8-10-12(15)16/h1-11H,13H2,(H,15,16)/b2-1+,5-3+,6-4+,9-7+,10-8+,14-11+. The first-order valence-corrected chi connectivity index (χ1v) is 4.57. The highest BCUT2D eigenvalue weighted by Crippen LogP contribution is 1.83. The topological polar surface area (TPSA) is 75.7 Å². The quantitative estimate of drug-likeness (QED) is 0.235. The zero-order valence-corrected chi connectivity index (χ0v) is 8.73. The molecule has 0 aromatic heterocycles. The summed E-state index contributed by atoms with van der Waals surface area (Å²) in [4.78, 5) is 10.1. The van der Waals surface area contributed by atoms with E-state index in [1.165, 1.54) is 12.3 Å². The predicted molar refractivity (Wildman–Crippen MR) is 66.0 cm³/mol. The van der Waals surface area contributed by atoms with E-state index in [4.69, 9.17) is 10.9 Å². The molecule has 0 aliphatic rings. The first kappa shape index (κ1) is 13.6. The van der Waals surface area contributed by atoms with Crippen molar-refractivity contribution in [1.82, 2.24) is 0 Å². The average Bonchev–Trinajstić information content (AvgIpc) is 2.25. The van der Waals surface area contributed by atoms with Crippen LogP contribution in [0.25, 0.3) is 0 Å². The third-order valence-electron chi connectivity index (χ3n) is 1.30. The Balaban J connectivity index is 3.81. The van der Waals surface area contributed by atoms with Crippen molar-refractivity contribution in [3.63, 3.8) is 0 Å². The van der Waals surface area contributed by atoms with Crippen LogP contribution < -0.4 is 5.84 Å². The van der Waals surface area contributed by atoms with Crippen molar-refractivity contribution in [2.45, 2.75) is 0 Å². The molecule has 84 valence electrons. The molecule has 0 aromatic carbocycles. The number of hydrazone groups is 1. The number of aliphatic carboxylic acids is 1. The molecule has 4 heteroatoms. The molecule has 3 N–H and O–H groups in total. The van der Waals surface area contributed by atoms with E-state index in [0.717, 1.165) is 6.08 Å². The van der Waals surface area contributed by atoms with Gasteiger partial charge in [0.25, 0.3) is 0 Å². The highest BCUT2D eigenvalue weighted by Gasteiger charge is 1.78. The van der Waals surface area contributed by atoms with Crippen LogP contribution in [-0.4, -0.2) is 17.3 Å². The molecule has 0 spiro atoms. The minimum atomic E-state index is -0.958. The van der Waals surface area contributed by atoms with Gasteiger partial charge in [0.05, 0.1) is 0 Å². The van der Waals surface area contributed by atoms with Gasteiger partial charge in [0.1, 0.15) is 0 Å². The van der Waals surface area contributed by atoms with Crippen LogP contribution in [0, 0.1) is 0 Å². The Kier molecular flexibility index (Phi) is 9.14. The SMILES string of the molecule is N/N=C/C=C/C=C/C=C/C=C/C=C/C(=O)O. The molecular weight excluding hydrogens is 204 g/mol. The number of nitrogens with two attached hydrogens (primary N) is 1. The van der Waals surface area contributed by atoms with Crippen LogP contribution in [0.5, 0.6) is 0 Å². The van der Waals surface area contributed by atoms with Crippen LogP contribution in [0.4, 0.5) is 0 Å². The molecule has 0 atom stereocenters. The molecule has 0 rings (SSSR count). The molecule has 4 nitrogen and oxygen atoms in total. The summed E-state index contributed by atoms with van der Waals surface area (Å²) in [5.41, 5.74) is 0. The maximum atomic E-state index is 10.1. The Morgan fingerprint density at radius 3 is 1.75 bits per heavy atom. The Hall–Kier alpha value is -2.36. The molecule has 0 aromatic rings. The molecule has 16 heavy (non-hydrogen) atoms. The van der Waals surface area contributed by atoms with Gasteiger partial charge in [-0.2, -0.15) is 5.10 Å². The Bertz CT molecular complexity index is 361. The van der Waals surface area contributed by atoms with Gasteiger partial charge in [-0.15, -0.1) is 0 Å². The summed E-state index contributed by atoms with van der Waals surface area (Å²) in [5, 5.41) is 11.6. The number of carboxylic acids is 1. The summed E-state index contributed by atoms with van der Waals surface area (Å²) in [6.45, 7) is 0. The van der Waals surface area contributed by atoms with Gasteiger partial charge >= 0.3 is 5.97 Å². The molecule has 0 bridgehead atoms. The van der Waals surface area contributed by atoms with Crippen LogP contribution in [0.1, 0.15) is 0 Å². The Morgan fingerprint density at radius 2 is 1.31 bits per heavy atom. The predicted octanol–water partition coefficient (Wildman–Crippen LogP) is 1.80. The van der Waals surface area contributed by atoms with Gasteiger partial charge in [0, 0.05) is 12.3 Å². The lowest BCUT2D eigenvalue weighted by Crippen LogP contribution is -1.84. The maximum Gasteiger partial charge on any atom is 0.328 e. The van der Waals surface area contributed by atoms with Crippen LogP contribution in [0.15, 0.2) is 65.9 Å². The van der Waals surface area contributed by atoms with Crippen molar-refractivity contribution < 1.29 is 9.90 Å². The van der Waals surface area contributed by atoms with Gasteiger partial charge in [0.2, 0.25) is 0 Å². The molecule has 0 saturated carbocycles. The van der Waals surface area contributed by atoms with E-state index in [0.29, 0.717) is 0 Å². The van der Waals surface area contributed by atoms with Crippen LogP contribution in [0.2, 0.25) is 0 Å². The van der Waals surface area contributed by atoms with Crippen LogP contribution in [0.3, 0.4) is 0 Å². The molecule has 0 radical (unpaired) electrons. The highest BCUT2D eigenvalue weighted by molar-refractivity contribution is 5.80. The van der Waals surface area contributed by atoms with Crippen molar-refractivity contribution in [2.75, 3.05) is 0 Å². The van der Waals surface area contributed by atoms with Crippen molar-refractivity contribution >= 4 is 12.2 Å². The molecule has 0 saturated heterocycles. The summed E-state index contributed by atoms with van der Waals surface area (Å²) in [7, 11) is 0. The summed E-state index contributed by atoms with van der Waals surface area (Å²) in [6.07, 6.45) is 18.1. The number of hydrogen-bond acceptors (Lipinski definition) is 3. The zero-order valence-electron chi connectivity index (χ0n) is 8.73. The molecule has 0 heterocycles. The normalized spacial score (nSPS) is 13.5. The van der Waals surface area contributed by atoms with Crippen LogP contribution >= 0.6 is 0 Å². The fourth-order valence-corrected chi connectivity index (χ4v) is 0.686. The smallest absolute Gasteiger partial charge is 0.328 e. The van der Waals surface area contributed by atoms with E-state index in [9.17, 15) is 4.79 Å². The molecule has 0 fully saturated rings. The summed E-state index contributed by atoms with van der Waals surface area (Å²) >= 11 is 0. The monoisotopic (exact) mass is 218 g/mol. The molecule has 0 amide bonds. The third kappa shape index (κ3) is 11.6. The van der Waals surface area contributed by atoms with Crippen LogP contribution in [-0.2, 0) is 4.79 Å². The van der Waals surface area contributed by atoms with E-state index in [-0.39, 0.29) is 0 Å². The lowest BCUT2D eigenvalue weighted by Gasteiger charge is -1.75. The Morgan fingerprint density at radius 1 is 0.875 bits per heavy atom. The fourth-order valence-electron chi connectivity index (χ4n) is 0.686. The summed E-state index contributed by atoms with van der Waals surface area (Å²) < 4.78 is 0. The zero-order chi connectivity index (χ0) is 12.1. The van der Waals surface area contributed by atoms with Gasteiger partial charge in [-0.05, 0) is 6.08 Å². The molecular formula is C12H14N2O2. The van der Waals surface area contributed by atoms with Crippen molar-refractivity contribution in [3.05, 3.63) is 60.8 Å². The largest absolute Gasteiger partial charge is 0.478 e. The molecule has 0 unspecified atom stereocenters. The van der Waals surface area contributed by atoms with E-state index in [2.05, 4.69) is 5.10 Å². The van der Waals surface area contributed by atoms with E-state index >= 15 is 0 Å². The van der Waals surface area contributed by atoms with E-state index in [1.54, 1.807) is 30.4 Å². The number of hydrogen-bond donors (Lipinski definition) is 2. The Labute approximate surface area is 94.5 Å².